The number of hydrogen-bond acceptors (Lipinski definition) is 3. The van der Waals surface area contributed by atoms with Crippen LogP contribution in [-0.2, 0) is 10.0 Å². The molecule has 1 aliphatic heterocycles. The van der Waals surface area contributed by atoms with Crippen LogP contribution in [0.2, 0.25) is 0 Å². The first kappa shape index (κ1) is 12.5. The maximum Gasteiger partial charge on any atom is 0.241 e. The number of nitrogens with one attached hydrogen (secondary N) is 2. The molecule has 1 aliphatic rings. The van der Waals surface area contributed by atoms with E-state index in [0.29, 0.717) is 11.4 Å². The fourth-order valence-electron chi connectivity index (χ4n) is 2.07. The van der Waals surface area contributed by atoms with E-state index in [1.54, 1.807) is 18.2 Å². The molecule has 1 aromatic rings. The molecule has 1 atom stereocenters. The van der Waals surface area contributed by atoms with Crippen molar-refractivity contribution in [1.29, 1.82) is 0 Å². The van der Waals surface area contributed by atoms with Crippen LogP contribution in [0, 0.1) is 6.92 Å². The first-order valence-corrected chi connectivity index (χ1v) is 7.21. The predicted molar refractivity (Wildman–Crippen MR) is 67.4 cm³/mol. The largest absolute Gasteiger partial charge is 0.315 e. The van der Waals surface area contributed by atoms with Crippen molar-refractivity contribution in [2.24, 2.45) is 0 Å². The highest BCUT2D eigenvalue weighted by Gasteiger charge is 2.33. The topological polar surface area (TPSA) is 58.2 Å². The minimum absolute atomic E-state index is 0.339. The number of aryl methyl sites for hydroxylation is 1. The number of rotatable bonds is 3. The standard InChI is InChI=1S/C12H18N2O2S/c1-10-4-3-5-11(8-10)17(15,16)14-12(2)6-7-13-9-12/h3-5,8,13-14H,6-7,9H2,1-2H3. The van der Waals surface area contributed by atoms with E-state index in [1.807, 2.05) is 19.9 Å². The van der Waals surface area contributed by atoms with E-state index in [2.05, 4.69) is 10.0 Å². The van der Waals surface area contributed by atoms with Crippen LogP contribution in [-0.4, -0.2) is 27.0 Å². The summed E-state index contributed by atoms with van der Waals surface area (Å²) in [6, 6.07) is 6.96. The SMILES string of the molecule is Cc1cccc(S(=O)(=O)NC2(C)CCNC2)c1. The van der Waals surface area contributed by atoms with Crippen molar-refractivity contribution < 1.29 is 8.42 Å². The van der Waals surface area contributed by atoms with Crippen LogP contribution in [0.25, 0.3) is 0 Å². The van der Waals surface area contributed by atoms with Gasteiger partial charge in [0.05, 0.1) is 4.90 Å². The van der Waals surface area contributed by atoms with E-state index in [9.17, 15) is 8.42 Å². The minimum atomic E-state index is -3.41. The van der Waals surface area contributed by atoms with Crippen molar-refractivity contribution >= 4 is 10.0 Å². The third kappa shape index (κ3) is 2.86. The highest BCUT2D eigenvalue weighted by atomic mass is 32.2. The van der Waals surface area contributed by atoms with E-state index < -0.39 is 10.0 Å². The number of benzene rings is 1. The third-order valence-electron chi connectivity index (χ3n) is 3.05. The molecule has 1 unspecified atom stereocenters. The summed E-state index contributed by atoms with van der Waals surface area (Å²) in [6.07, 6.45) is 0.818. The van der Waals surface area contributed by atoms with Crippen molar-refractivity contribution in [2.75, 3.05) is 13.1 Å². The van der Waals surface area contributed by atoms with Crippen molar-refractivity contribution in [3.05, 3.63) is 29.8 Å². The fourth-order valence-corrected chi connectivity index (χ4v) is 3.61. The van der Waals surface area contributed by atoms with Crippen LogP contribution in [0.1, 0.15) is 18.9 Å². The van der Waals surface area contributed by atoms with Gasteiger partial charge in [-0.2, -0.15) is 0 Å². The molecule has 0 aliphatic carbocycles. The minimum Gasteiger partial charge on any atom is -0.315 e. The Morgan fingerprint density at radius 3 is 2.76 bits per heavy atom. The molecule has 0 amide bonds. The second-order valence-corrected chi connectivity index (χ2v) is 6.59. The lowest BCUT2D eigenvalue weighted by Crippen LogP contribution is -2.47. The summed E-state index contributed by atoms with van der Waals surface area (Å²) in [4.78, 5) is 0.339. The van der Waals surface area contributed by atoms with Gasteiger partial charge in [0.2, 0.25) is 10.0 Å². The van der Waals surface area contributed by atoms with E-state index in [1.165, 1.54) is 0 Å². The quantitative estimate of drug-likeness (QED) is 0.847. The summed E-state index contributed by atoms with van der Waals surface area (Å²) in [5.74, 6) is 0. The van der Waals surface area contributed by atoms with Gasteiger partial charge in [0, 0.05) is 12.1 Å². The van der Waals surface area contributed by atoms with Gasteiger partial charge in [0.25, 0.3) is 0 Å². The van der Waals surface area contributed by atoms with Crippen molar-refractivity contribution in [2.45, 2.75) is 30.7 Å². The van der Waals surface area contributed by atoms with E-state index in [0.717, 1.165) is 18.5 Å². The highest BCUT2D eigenvalue weighted by molar-refractivity contribution is 7.89. The normalized spacial score (nSPS) is 25.1. The maximum absolute atomic E-state index is 12.2. The molecule has 94 valence electrons. The summed E-state index contributed by atoms with van der Waals surface area (Å²) < 4.78 is 27.2. The van der Waals surface area contributed by atoms with Gasteiger partial charge in [-0.15, -0.1) is 0 Å². The molecule has 4 nitrogen and oxygen atoms in total. The van der Waals surface area contributed by atoms with Crippen LogP contribution in [0.3, 0.4) is 0 Å². The van der Waals surface area contributed by atoms with Crippen LogP contribution in [0.5, 0.6) is 0 Å². The summed E-state index contributed by atoms with van der Waals surface area (Å²) in [5, 5.41) is 3.17. The number of hydrogen-bond donors (Lipinski definition) is 2. The summed E-state index contributed by atoms with van der Waals surface area (Å²) >= 11 is 0. The zero-order valence-electron chi connectivity index (χ0n) is 10.2. The lowest BCUT2D eigenvalue weighted by atomic mass is 10.0. The molecule has 0 aromatic heterocycles. The molecule has 1 aromatic carbocycles. The van der Waals surface area contributed by atoms with Gasteiger partial charge < -0.3 is 5.32 Å². The Kier molecular flexibility index (Phi) is 3.25. The second kappa shape index (κ2) is 4.40. The molecule has 2 rings (SSSR count). The van der Waals surface area contributed by atoms with Crippen LogP contribution in [0.4, 0.5) is 0 Å². The molecule has 0 bridgehead atoms. The summed E-state index contributed by atoms with van der Waals surface area (Å²) in [5.41, 5.74) is 0.574. The van der Waals surface area contributed by atoms with Gasteiger partial charge in [0.15, 0.2) is 0 Å². The van der Waals surface area contributed by atoms with Crippen molar-refractivity contribution in [1.82, 2.24) is 10.0 Å². The van der Waals surface area contributed by atoms with Crippen LogP contribution >= 0.6 is 0 Å². The van der Waals surface area contributed by atoms with Gasteiger partial charge in [-0.25, -0.2) is 13.1 Å². The van der Waals surface area contributed by atoms with Gasteiger partial charge in [-0.05, 0) is 44.5 Å². The Balaban J connectivity index is 2.25. The fraction of sp³-hybridized carbons (Fsp3) is 0.500. The van der Waals surface area contributed by atoms with E-state index in [-0.39, 0.29) is 5.54 Å². The first-order chi connectivity index (χ1) is 7.91. The Hall–Kier alpha value is -0.910. The van der Waals surface area contributed by atoms with Gasteiger partial charge in [0.1, 0.15) is 0 Å². The molecule has 0 spiro atoms. The van der Waals surface area contributed by atoms with Crippen LogP contribution in [0.15, 0.2) is 29.2 Å². The predicted octanol–water partition coefficient (Wildman–Crippen LogP) is 1.03. The summed E-state index contributed by atoms with van der Waals surface area (Å²) in [6.45, 7) is 5.35. The zero-order valence-corrected chi connectivity index (χ0v) is 11.0. The molecule has 17 heavy (non-hydrogen) atoms. The maximum atomic E-state index is 12.2. The third-order valence-corrected chi connectivity index (χ3v) is 4.69. The highest BCUT2D eigenvalue weighted by Crippen LogP contribution is 2.18. The monoisotopic (exact) mass is 254 g/mol. The lowest BCUT2D eigenvalue weighted by Gasteiger charge is -2.24. The van der Waals surface area contributed by atoms with E-state index in [4.69, 9.17) is 0 Å². The Morgan fingerprint density at radius 2 is 2.18 bits per heavy atom. The zero-order chi connectivity index (χ0) is 12.5. The molecule has 0 radical (unpaired) electrons. The van der Waals surface area contributed by atoms with Gasteiger partial charge in [-0.1, -0.05) is 12.1 Å². The molecule has 1 heterocycles. The molecule has 0 saturated carbocycles. The van der Waals surface area contributed by atoms with Crippen molar-refractivity contribution in [3.63, 3.8) is 0 Å². The lowest BCUT2D eigenvalue weighted by molar-refractivity contribution is 0.452. The molecular formula is C12H18N2O2S. The summed E-state index contributed by atoms with van der Waals surface area (Å²) in [7, 11) is -3.41. The van der Waals surface area contributed by atoms with E-state index >= 15 is 0 Å². The Bertz CT molecular complexity index is 505. The Labute approximate surface area is 102 Å². The smallest absolute Gasteiger partial charge is 0.241 e. The molecule has 1 saturated heterocycles. The first-order valence-electron chi connectivity index (χ1n) is 5.73. The van der Waals surface area contributed by atoms with Crippen LogP contribution < -0.4 is 10.0 Å². The molecule has 2 N–H and O–H groups in total. The molecule has 5 heteroatoms. The van der Waals surface area contributed by atoms with Crippen molar-refractivity contribution in [3.8, 4) is 0 Å². The van der Waals surface area contributed by atoms with Gasteiger partial charge >= 0.3 is 0 Å². The average molecular weight is 254 g/mol. The molecule has 1 fully saturated rings. The van der Waals surface area contributed by atoms with Gasteiger partial charge in [-0.3, -0.25) is 0 Å². The average Bonchev–Trinajstić information content (AvgIpc) is 2.64. The molecular weight excluding hydrogens is 236 g/mol. The second-order valence-electron chi connectivity index (χ2n) is 4.91. The Morgan fingerprint density at radius 1 is 1.41 bits per heavy atom. The number of sulfonamides is 1.